The first-order chi connectivity index (χ1) is 6.72. The van der Waals surface area contributed by atoms with Gasteiger partial charge in [-0.1, -0.05) is 19.1 Å². The van der Waals surface area contributed by atoms with Crippen LogP contribution in [-0.2, 0) is 11.2 Å². The van der Waals surface area contributed by atoms with Crippen LogP contribution in [0.3, 0.4) is 0 Å². The monoisotopic (exact) mass is 208 g/mol. The fourth-order valence-electron chi connectivity index (χ4n) is 1.24. The lowest BCUT2D eigenvalue weighted by Gasteiger charge is -2.01. The number of carbonyl (C=O) groups is 1. The molecule has 0 aliphatic carbocycles. The standard InChI is InChI=1S/C12H16OS/c1-3-14-12-8-6-11(7-9-12)5-4-10(2)13/h6-9H,3-5H2,1-2H3. The number of aryl methyl sites for hydroxylation is 1. The van der Waals surface area contributed by atoms with Crippen molar-refractivity contribution in [1.82, 2.24) is 0 Å². The second-order valence-electron chi connectivity index (χ2n) is 3.28. The lowest BCUT2D eigenvalue weighted by Crippen LogP contribution is -1.93. The Hall–Kier alpha value is -0.760. The molecule has 1 rings (SSSR count). The lowest BCUT2D eigenvalue weighted by atomic mass is 10.1. The van der Waals surface area contributed by atoms with Gasteiger partial charge in [0, 0.05) is 11.3 Å². The Morgan fingerprint density at radius 2 is 1.93 bits per heavy atom. The molecular formula is C12H16OS. The maximum absolute atomic E-state index is 10.8. The molecule has 0 heterocycles. The number of benzene rings is 1. The summed E-state index contributed by atoms with van der Waals surface area (Å²) in [5, 5.41) is 0. The number of ketones is 1. The molecule has 14 heavy (non-hydrogen) atoms. The third-order valence-electron chi connectivity index (χ3n) is 2.00. The summed E-state index contributed by atoms with van der Waals surface area (Å²) in [5.74, 6) is 1.37. The van der Waals surface area contributed by atoms with Crippen molar-refractivity contribution in [3.8, 4) is 0 Å². The number of hydrogen-bond acceptors (Lipinski definition) is 2. The van der Waals surface area contributed by atoms with Crippen LogP contribution < -0.4 is 0 Å². The molecule has 0 bridgehead atoms. The van der Waals surface area contributed by atoms with Crippen molar-refractivity contribution in [2.24, 2.45) is 0 Å². The van der Waals surface area contributed by atoms with Gasteiger partial charge in [0.25, 0.3) is 0 Å². The first-order valence-electron chi connectivity index (χ1n) is 4.93. The van der Waals surface area contributed by atoms with Crippen molar-refractivity contribution in [2.75, 3.05) is 5.75 Å². The molecule has 0 saturated heterocycles. The van der Waals surface area contributed by atoms with E-state index in [2.05, 4.69) is 31.2 Å². The molecule has 76 valence electrons. The van der Waals surface area contributed by atoms with Crippen LogP contribution in [0.15, 0.2) is 29.2 Å². The summed E-state index contributed by atoms with van der Waals surface area (Å²) in [6.07, 6.45) is 1.52. The van der Waals surface area contributed by atoms with Gasteiger partial charge in [0.1, 0.15) is 5.78 Å². The van der Waals surface area contributed by atoms with Gasteiger partial charge in [-0.25, -0.2) is 0 Å². The highest BCUT2D eigenvalue weighted by Crippen LogP contribution is 2.18. The molecule has 0 unspecified atom stereocenters. The van der Waals surface area contributed by atoms with Crippen molar-refractivity contribution in [3.05, 3.63) is 29.8 Å². The second kappa shape index (κ2) is 5.86. The molecule has 0 radical (unpaired) electrons. The summed E-state index contributed by atoms with van der Waals surface area (Å²) in [5.41, 5.74) is 1.25. The van der Waals surface area contributed by atoms with Crippen molar-refractivity contribution < 1.29 is 4.79 Å². The Balaban J connectivity index is 2.50. The van der Waals surface area contributed by atoms with Gasteiger partial charge >= 0.3 is 0 Å². The van der Waals surface area contributed by atoms with Crippen molar-refractivity contribution in [2.45, 2.75) is 31.6 Å². The smallest absolute Gasteiger partial charge is 0.130 e. The van der Waals surface area contributed by atoms with Crippen molar-refractivity contribution in [3.63, 3.8) is 0 Å². The average Bonchev–Trinajstić information content (AvgIpc) is 2.17. The van der Waals surface area contributed by atoms with Crippen LogP contribution in [0, 0.1) is 0 Å². The molecule has 0 spiro atoms. The van der Waals surface area contributed by atoms with E-state index in [9.17, 15) is 4.79 Å². The molecule has 0 aromatic heterocycles. The van der Waals surface area contributed by atoms with Gasteiger partial charge in [0.15, 0.2) is 0 Å². The van der Waals surface area contributed by atoms with E-state index in [1.165, 1.54) is 10.5 Å². The van der Waals surface area contributed by atoms with Crippen LogP contribution in [0.25, 0.3) is 0 Å². The first kappa shape index (κ1) is 11.3. The minimum absolute atomic E-state index is 0.261. The summed E-state index contributed by atoms with van der Waals surface area (Å²) in [4.78, 5) is 12.1. The highest BCUT2D eigenvalue weighted by molar-refractivity contribution is 7.99. The fourth-order valence-corrected chi connectivity index (χ4v) is 1.90. The summed E-state index contributed by atoms with van der Waals surface area (Å²) < 4.78 is 0. The van der Waals surface area contributed by atoms with Crippen LogP contribution in [0.5, 0.6) is 0 Å². The molecule has 0 N–H and O–H groups in total. The third kappa shape index (κ3) is 3.97. The molecule has 0 atom stereocenters. The Labute approximate surface area is 89.9 Å². The lowest BCUT2D eigenvalue weighted by molar-refractivity contribution is -0.116. The SMILES string of the molecule is CCSc1ccc(CCC(C)=O)cc1. The molecular weight excluding hydrogens is 192 g/mol. The topological polar surface area (TPSA) is 17.1 Å². The quantitative estimate of drug-likeness (QED) is 0.690. The van der Waals surface area contributed by atoms with E-state index in [1.54, 1.807) is 6.92 Å². The minimum atomic E-state index is 0.261. The summed E-state index contributed by atoms with van der Waals surface area (Å²) in [6.45, 7) is 3.79. The number of Topliss-reactive ketones (excluding diaryl/α,β-unsaturated/α-hetero) is 1. The van der Waals surface area contributed by atoms with Crippen LogP contribution in [0.1, 0.15) is 25.8 Å². The van der Waals surface area contributed by atoms with Gasteiger partial charge in [0.05, 0.1) is 0 Å². The molecule has 0 aliphatic rings. The highest BCUT2D eigenvalue weighted by atomic mass is 32.2. The zero-order valence-corrected chi connectivity index (χ0v) is 9.56. The summed E-state index contributed by atoms with van der Waals surface area (Å²) >= 11 is 1.84. The van der Waals surface area contributed by atoms with E-state index in [-0.39, 0.29) is 5.78 Å². The van der Waals surface area contributed by atoms with E-state index < -0.39 is 0 Å². The van der Waals surface area contributed by atoms with Crippen LogP contribution in [-0.4, -0.2) is 11.5 Å². The average molecular weight is 208 g/mol. The molecule has 2 heteroatoms. The van der Waals surface area contributed by atoms with E-state index in [4.69, 9.17) is 0 Å². The van der Waals surface area contributed by atoms with Crippen molar-refractivity contribution >= 4 is 17.5 Å². The third-order valence-corrected chi connectivity index (χ3v) is 2.89. The van der Waals surface area contributed by atoms with Gasteiger partial charge in [-0.3, -0.25) is 0 Å². The highest BCUT2D eigenvalue weighted by Gasteiger charge is 1.97. The zero-order valence-electron chi connectivity index (χ0n) is 8.75. The molecule has 0 aliphatic heterocycles. The van der Waals surface area contributed by atoms with E-state index >= 15 is 0 Å². The largest absolute Gasteiger partial charge is 0.300 e. The molecule has 0 amide bonds. The molecule has 1 aromatic carbocycles. The Bertz CT molecular complexity index is 290. The maximum atomic E-state index is 10.8. The fraction of sp³-hybridized carbons (Fsp3) is 0.417. The first-order valence-corrected chi connectivity index (χ1v) is 5.92. The van der Waals surface area contributed by atoms with Crippen LogP contribution in [0.4, 0.5) is 0 Å². The number of carbonyl (C=O) groups excluding carboxylic acids is 1. The van der Waals surface area contributed by atoms with Gasteiger partial charge < -0.3 is 4.79 Å². The summed E-state index contributed by atoms with van der Waals surface area (Å²) in [7, 11) is 0. The summed E-state index contributed by atoms with van der Waals surface area (Å²) in [6, 6.07) is 8.48. The predicted molar refractivity (Wildman–Crippen MR) is 61.8 cm³/mol. The van der Waals surface area contributed by atoms with E-state index in [1.807, 2.05) is 11.8 Å². The molecule has 0 saturated carbocycles. The Kier molecular flexibility index (Phi) is 4.74. The minimum Gasteiger partial charge on any atom is -0.300 e. The van der Waals surface area contributed by atoms with E-state index in [0.29, 0.717) is 6.42 Å². The predicted octanol–water partition coefficient (Wildman–Crippen LogP) is 3.32. The number of hydrogen-bond donors (Lipinski definition) is 0. The normalized spacial score (nSPS) is 10.1. The zero-order chi connectivity index (χ0) is 10.4. The second-order valence-corrected chi connectivity index (χ2v) is 4.62. The van der Waals surface area contributed by atoms with Gasteiger partial charge in [-0.2, -0.15) is 0 Å². The Morgan fingerprint density at radius 1 is 1.29 bits per heavy atom. The van der Waals surface area contributed by atoms with Gasteiger partial charge in [-0.05, 0) is 36.8 Å². The number of rotatable bonds is 5. The van der Waals surface area contributed by atoms with E-state index in [0.717, 1.165) is 12.2 Å². The molecule has 1 aromatic rings. The Morgan fingerprint density at radius 3 is 2.43 bits per heavy atom. The van der Waals surface area contributed by atoms with Gasteiger partial charge in [0.2, 0.25) is 0 Å². The van der Waals surface area contributed by atoms with Crippen LogP contribution >= 0.6 is 11.8 Å². The van der Waals surface area contributed by atoms with Crippen LogP contribution in [0.2, 0.25) is 0 Å². The number of thioether (sulfide) groups is 1. The van der Waals surface area contributed by atoms with Crippen molar-refractivity contribution in [1.29, 1.82) is 0 Å². The molecule has 1 nitrogen and oxygen atoms in total. The molecule has 0 fully saturated rings. The van der Waals surface area contributed by atoms with Gasteiger partial charge in [-0.15, -0.1) is 11.8 Å². The maximum Gasteiger partial charge on any atom is 0.130 e.